The van der Waals surface area contributed by atoms with Crippen LogP contribution in [0.15, 0.2) is 24.3 Å². The molecule has 0 aromatic heterocycles. The van der Waals surface area contributed by atoms with E-state index in [4.69, 9.17) is 5.26 Å². The molecular formula is C17H22N2O. The second kappa shape index (κ2) is 5.46. The Morgan fingerprint density at radius 3 is 2.60 bits per heavy atom. The minimum atomic E-state index is -0.537. The normalized spacial score (nSPS) is 33.0. The van der Waals surface area contributed by atoms with E-state index < -0.39 is 5.60 Å². The predicted octanol–water partition coefficient (Wildman–Crippen LogP) is 3.44. The summed E-state index contributed by atoms with van der Waals surface area (Å²) < 4.78 is 0. The number of hydrogen-bond donors (Lipinski definition) is 2. The first-order valence-corrected chi connectivity index (χ1v) is 7.71. The van der Waals surface area contributed by atoms with Crippen molar-refractivity contribution in [1.29, 1.82) is 5.26 Å². The van der Waals surface area contributed by atoms with Gasteiger partial charge in [0.15, 0.2) is 0 Å². The van der Waals surface area contributed by atoms with Crippen LogP contribution in [0.1, 0.15) is 50.5 Å². The molecular weight excluding hydrogens is 248 g/mol. The van der Waals surface area contributed by atoms with Crippen LogP contribution in [-0.4, -0.2) is 16.7 Å². The van der Waals surface area contributed by atoms with Crippen molar-refractivity contribution >= 4 is 5.69 Å². The number of hydrogen-bond acceptors (Lipinski definition) is 3. The Balaban J connectivity index is 1.76. The summed E-state index contributed by atoms with van der Waals surface area (Å²) in [5.41, 5.74) is 1.15. The molecule has 2 saturated carbocycles. The van der Waals surface area contributed by atoms with Crippen LogP contribution in [0.25, 0.3) is 0 Å². The quantitative estimate of drug-likeness (QED) is 0.865. The van der Waals surface area contributed by atoms with Crippen molar-refractivity contribution in [2.24, 2.45) is 5.92 Å². The lowest BCUT2D eigenvalue weighted by molar-refractivity contribution is -0.0835. The maximum absolute atomic E-state index is 11.1. The third kappa shape index (κ3) is 2.41. The monoisotopic (exact) mass is 270 g/mol. The fourth-order valence-corrected chi connectivity index (χ4v) is 3.96. The number of benzene rings is 1. The molecule has 2 N–H and O–H groups in total. The molecule has 0 saturated heterocycles. The molecule has 0 spiro atoms. The third-order valence-corrected chi connectivity index (χ3v) is 5.09. The summed E-state index contributed by atoms with van der Waals surface area (Å²) >= 11 is 0. The van der Waals surface area contributed by atoms with Crippen LogP contribution in [0, 0.1) is 17.2 Å². The minimum Gasteiger partial charge on any atom is -0.387 e. The Morgan fingerprint density at radius 2 is 1.85 bits per heavy atom. The van der Waals surface area contributed by atoms with E-state index in [1.54, 1.807) is 0 Å². The van der Waals surface area contributed by atoms with Gasteiger partial charge in [0.05, 0.1) is 23.3 Å². The van der Waals surface area contributed by atoms with Crippen molar-refractivity contribution in [3.63, 3.8) is 0 Å². The molecule has 106 valence electrons. The molecule has 1 aromatic rings. The molecule has 2 aliphatic carbocycles. The molecule has 3 rings (SSSR count). The first kappa shape index (κ1) is 13.5. The van der Waals surface area contributed by atoms with Gasteiger partial charge in [-0.05, 0) is 55.9 Å². The first-order chi connectivity index (χ1) is 9.72. The molecule has 0 radical (unpaired) electrons. The van der Waals surface area contributed by atoms with Gasteiger partial charge in [-0.2, -0.15) is 5.26 Å². The van der Waals surface area contributed by atoms with E-state index in [0.717, 1.165) is 24.9 Å². The highest BCUT2D eigenvalue weighted by Crippen LogP contribution is 2.44. The van der Waals surface area contributed by atoms with Crippen LogP contribution in [0.5, 0.6) is 0 Å². The molecule has 0 aliphatic heterocycles. The number of rotatable bonds is 2. The van der Waals surface area contributed by atoms with Gasteiger partial charge in [0.25, 0.3) is 0 Å². The highest BCUT2D eigenvalue weighted by Gasteiger charge is 2.47. The SMILES string of the molecule is N#Cc1ccc(N[C@H]2CCCC3CCCCC32O)cc1. The van der Waals surface area contributed by atoms with E-state index in [1.807, 2.05) is 24.3 Å². The minimum absolute atomic E-state index is 0.148. The van der Waals surface area contributed by atoms with E-state index in [1.165, 1.54) is 25.7 Å². The predicted molar refractivity (Wildman–Crippen MR) is 79.3 cm³/mol. The highest BCUT2D eigenvalue weighted by atomic mass is 16.3. The third-order valence-electron chi connectivity index (χ3n) is 5.09. The fraction of sp³-hybridized carbons (Fsp3) is 0.588. The van der Waals surface area contributed by atoms with Gasteiger partial charge in [0, 0.05) is 5.69 Å². The van der Waals surface area contributed by atoms with Crippen molar-refractivity contribution in [3.8, 4) is 6.07 Å². The number of nitrogens with one attached hydrogen (secondary N) is 1. The van der Waals surface area contributed by atoms with Gasteiger partial charge >= 0.3 is 0 Å². The number of aliphatic hydroxyl groups is 1. The van der Waals surface area contributed by atoms with Gasteiger partial charge < -0.3 is 10.4 Å². The number of nitrogens with zero attached hydrogens (tertiary/aromatic N) is 1. The van der Waals surface area contributed by atoms with Crippen molar-refractivity contribution < 1.29 is 5.11 Å². The number of fused-ring (bicyclic) bond motifs is 1. The average molecular weight is 270 g/mol. The fourth-order valence-electron chi connectivity index (χ4n) is 3.96. The summed E-state index contributed by atoms with van der Waals surface area (Å²) in [7, 11) is 0. The van der Waals surface area contributed by atoms with Crippen molar-refractivity contribution in [2.45, 2.75) is 56.6 Å². The Morgan fingerprint density at radius 1 is 1.10 bits per heavy atom. The van der Waals surface area contributed by atoms with Gasteiger partial charge in [-0.3, -0.25) is 0 Å². The van der Waals surface area contributed by atoms with Gasteiger partial charge in [-0.1, -0.05) is 19.3 Å². The molecule has 2 fully saturated rings. The molecule has 3 heteroatoms. The van der Waals surface area contributed by atoms with Crippen LogP contribution in [0.3, 0.4) is 0 Å². The van der Waals surface area contributed by atoms with E-state index in [9.17, 15) is 5.11 Å². The zero-order chi connectivity index (χ0) is 14.0. The summed E-state index contributed by atoms with van der Waals surface area (Å²) in [5.74, 6) is 0.459. The first-order valence-electron chi connectivity index (χ1n) is 7.71. The van der Waals surface area contributed by atoms with Crippen molar-refractivity contribution in [2.75, 3.05) is 5.32 Å². The van der Waals surface area contributed by atoms with Gasteiger partial charge in [0.1, 0.15) is 0 Å². The lowest BCUT2D eigenvalue weighted by Gasteiger charge is -2.49. The molecule has 0 bridgehead atoms. The summed E-state index contributed by atoms with van der Waals surface area (Å²) in [6.45, 7) is 0. The second-order valence-electron chi connectivity index (χ2n) is 6.25. The Hall–Kier alpha value is -1.53. The Kier molecular flexibility index (Phi) is 3.67. The average Bonchev–Trinajstić information content (AvgIpc) is 2.49. The van der Waals surface area contributed by atoms with Crippen LogP contribution in [-0.2, 0) is 0 Å². The maximum atomic E-state index is 11.1. The summed E-state index contributed by atoms with van der Waals surface area (Å²) in [4.78, 5) is 0. The second-order valence-corrected chi connectivity index (χ2v) is 6.25. The molecule has 0 amide bonds. The summed E-state index contributed by atoms with van der Waals surface area (Å²) in [6, 6.07) is 9.81. The molecule has 2 aliphatic rings. The highest BCUT2D eigenvalue weighted by molar-refractivity contribution is 5.48. The van der Waals surface area contributed by atoms with E-state index >= 15 is 0 Å². The summed E-state index contributed by atoms with van der Waals surface area (Å²) in [6.07, 6.45) is 7.89. The molecule has 3 atom stereocenters. The van der Waals surface area contributed by atoms with E-state index in [2.05, 4.69) is 11.4 Å². The van der Waals surface area contributed by atoms with Crippen molar-refractivity contribution in [3.05, 3.63) is 29.8 Å². The number of nitriles is 1. The molecule has 2 unspecified atom stereocenters. The van der Waals surface area contributed by atoms with E-state index in [-0.39, 0.29) is 6.04 Å². The van der Waals surface area contributed by atoms with Gasteiger partial charge in [-0.25, -0.2) is 0 Å². The lowest BCUT2D eigenvalue weighted by Crippen LogP contribution is -2.56. The largest absolute Gasteiger partial charge is 0.387 e. The van der Waals surface area contributed by atoms with Gasteiger partial charge in [-0.15, -0.1) is 0 Å². The van der Waals surface area contributed by atoms with Crippen LogP contribution < -0.4 is 5.32 Å². The topological polar surface area (TPSA) is 56.0 Å². The zero-order valence-corrected chi connectivity index (χ0v) is 11.8. The smallest absolute Gasteiger partial charge is 0.0991 e. The standard InChI is InChI=1S/C17H22N2O/c18-12-13-7-9-15(10-8-13)19-16-6-3-5-14-4-1-2-11-17(14,16)20/h7-10,14,16,19-20H,1-6,11H2/t14?,16-,17?/m0/s1. The molecule has 3 nitrogen and oxygen atoms in total. The molecule has 0 heterocycles. The van der Waals surface area contributed by atoms with Crippen LogP contribution >= 0.6 is 0 Å². The molecule has 1 aromatic carbocycles. The lowest BCUT2D eigenvalue weighted by atomic mass is 9.65. The number of anilines is 1. The Bertz CT molecular complexity index is 503. The van der Waals surface area contributed by atoms with Crippen LogP contribution in [0.4, 0.5) is 5.69 Å². The van der Waals surface area contributed by atoms with Crippen molar-refractivity contribution in [1.82, 2.24) is 0 Å². The van der Waals surface area contributed by atoms with Gasteiger partial charge in [0.2, 0.25) is 0 Å². The summed E-state index contributed by atoms with van der Waals surface area (Å²) in [5, 5.41) is 23.4. The van der Waals surface area contributed by atoms with E-state index in [0.29, 0.717) is 11.5 Å². The van der Waals surface area contributed by atoms with Crippen LogP contribution in [0.2, 0.25) is 0 Å². The zero-order valence-electron chi connectivity index (χ0n) is 11.8. The maximum Gasteiger partial charge on any atom is 0.0991 e. The molecule has 20 heavy (non-hydrogen) atoms. The Labute approximate surface area is 120 Å².